The van der Waals surface area contributed by atoms with Gasteiger partial charge in [0.25, 0.3) is 11.5 Å². The monoisotopic (exact) mass is 375 g/mol. The fraction of sp³-hybridized carbons (Fsp3) is 0.211. The molecular weight excluding hydrogens is 359 g/mol. The lowest BCUT2D eigenvalue weighted by molar-refractivity contribution is -0.136. The van der Waals surface area contributed by atoms with Crippen molar-refractivity contribution >= 4 is 16.8 Å². The van der Waals surface area contributed by atoms with Crippen molar-refractivity contribution in [1.29, 1.82) is 0 Å². The first-order valence-corrected chi connectivity index (χ1v) is 8.11. The summed E-state index contributed by atoms with van der Waals surface area (Å²) in [5.74, 6) is -0.944. The lowest BCUT2D eigenvalue weighted by atomic mass is 10.0. The highest BCUT2D eigenvalue weighted by Crippen LogP contribution is 2.36. The third-order valence-corrected chi connectivity index (χ3v) is 4.22. The van der Waals surface area contributed by atoms with Gasteiger partial charge in [-0.05, 0) is 31.5 Å². The van der Waals surface area contributed by atoms with Crippen molar-refractivity contribution < 1.29 is 18.0 Å². The van der Waals surface area contributed by atoms with Crippen LogP contribution in [0.1, 0.15) is 32.7 Å². The number of hydrogen-bond acceptors (Lipinski definition) is 3. The second-order valence-corrected chi connectivity index (χ2v) is 6.19. The Balaban J connectivity index is 1.98. The van der Waals surface area contributed by atoms with Crippen molar-refractivity contribution in [1.82, 2.24) is 15.3 Å². The van der Waals surface area contributed by atoms with Gasteiger partial charge in [0.1, 0.15) is 0 Å². The molecule has 2 N–H and O–H groups in total. The van der Waals surface area contributed by atoms with Gasteiger partial charge in [-0.15, -0.1) is 0 Å². The molecule has 8 heteroatoms. The highest BCUT2D eigenvalue weighted by atomic mass is 19.4. The van der Waals surface area contributed by atoms with Gasteiger partial charge in [0.15, 0.2) is 0 Å². The van der Waals surface area contributed by atoms with E-state index >= 15 is 0 Å². The molecule has 0 aliphatic rings. The molecule has 0 spiro atoms. The highest BCUT2D eigenvalue weighted by Gasteiger charge is 2.37. The predicted octanol–water partition coefficient (Wildman–Crippen LogP) is 3.49. The number of carbonyl (C=O) groups excluding carboxylic acids is 1. The Bertz CT molecular complexity index is 1090. The zero-order chi connectivity index (χ0) is 19.8. The summed E-state index contributed by atoms with van der Waals surface area (Å²) in [6.45, 7) is 3.22. The molecule has 0 saturated heterocycles. The number of amides is 1. The van der Waals surface area contributed by atoms with E-state index in [4.69, 9.17) is 0 Å². The van der Waals surface area contributed by atoms with Crippen molar-refractivity contribution in [3.8, 4) is 0 Å². The number of nitrogens with one attached hydrogen (secondary N) is 2. The number of H-pyrrole nitrogens is 1. The number of alkyl halides is 3. The second-order valence-electron chi connectivity index (χ2n) is 6.19. The maximum Gasteiger partial charge on any atom is 0.417 e. The summed E-state index contributed by atoms with van der Waals surface area (Å²) in [6, 6.07) is 7.47. The molecule has 0 saturated carbocycles. The smallest absolute Gasteiger partial charge is 0.348 e. The number of aryl methyl sites for hydroxylation is 2. The number of fused-ring (bicyclic) bond motifs is 1. The average Bonchev–Trinajstić information content (AvgIpc) is 2.58. The molecule has 140 valence electrons. The van der Waals surface area contributed by atoms with Crippen LogP contribution in [0.4, 0.5) is 13.2 Å². The van der Waals surface area contributed by atoms with E-state index in [1.807, 2.05) is 0 Å². The molecule has 1 aromatic carbocycles. The number of nitrogens with zero attached hydrogens (tertiary/aromatic N) is 1. The van der Waals surface area contributed by atoms with E-state index in [9.17, 15) is 22.8 Å². The summed E-state index contributed by atoms with van der Waals surface area (Å²) in [7, 11) is 0. The summed E-state index contributed by atoms with van der Waals surface area (Å²) < 4.78 is 40.8. The number of para-hydroxylation sites is 1. The van der Waals surface area contributed by atoms with E-state index in [-0.39, 0.29) is 28.6 Å². The van der Waals surface area contributed by atoms with Crippen molar-refractivity contribution in [2.24, 2.45) is 0 Å². The number of carbonyl (C=O) groups is 1. The molecule has 1 amide bonds. The number of pyridine rings is 2. The van der Waals surface area contributed by atoms with Crippen LogP contribution in [0.2, 0.25) is 0 Å². The molecule has 2 heterocycles. The molecule has 27 heavy (non-hydrogen) atoms. The van der Waals surface area contributed by atoms with E-state index < -0.39 is 23.2 Å². The summed E-state index contributed by atoms with van der Waals surface area (Å²) in [4.78, 5) is 31.0. The lowest BCUT2D eigenvalue weighted by Gasteiger charge is -2.15. The Kier molecular flexibility index (Phi) is 4.73. The van der Waals surface area contributed by atoms with Crippen molar-refractivity contribution in [2.75, 3.05) is 0 Å². The highest BCUT2D eigenvalue weighted by molar-refractivity contribution is 6.00. The molecular formula is C19H16F3N3O2. The van der Waals surface area contributed by atoms with Gasteiger partial charge in [-0.2, -0.15) is 13.2 Å². The first kappa shape index (κ1) is 18.6. The van der Waals surface area contributed by atoms with Crippen LogP contribution in [0.5, 0.6) is 0 Å². The molecule has 2 aromatic heterocycles. The summed E-state index contributed by atoms with van der Waals surface area (Å²) in [5.41, 5.74) is -0.277. The Morgan fingerprint density at radius 3 is 2.59 bits per heavy atom. The maximum atomic E-state index is 13.6. The van der Waals surface area contributed by atoms with Crippen LogP contribution in [-0.4, -0.2) is 15.9 Å². The fourth-order valence-corrected chi connectivity index (χ4v) is 2.98. The Morgan fingerprint density at radius 1 is 1.22 bits per heavy atom. The molecule has 0 aliphatic carbocycles. The average molecular weight is 375 g/mol. The third kappa shape index (κ3) is 3.69. The van der Waals surface area contributed by atoms with Gasteiger partial charge in [-0.25, -0.2) is 0 Å². The minimum absolute atomic E-state index is 0.146. The minimum atomic E-state index is -4.73. The van der Waals surface area contributed by atoms with E-state index in [0.29, 0.717) is 11.3 Å². The van der Waals surface area contributed by atoms with Gasteiger partial charge in [0.05, 0.1) is 16.6 Å². The Hall–Kier alpha value is -3.16. The second kappa shape index (κ2) is 6.86. The van der Waals surface area contributed by atoms with Gasteiger partial charge < -0.3 is 10.3 Å². The molecule has 0 atom stereocenters. The number of aromatic nitrogens is 2. The molecule has 0 fully saturated rings. The number of hydrogen-bond donors (Lipinski definition) is 2. The topological polar surface area (TPSA) is 74.8 Å². The van der Waals surface area contributed by atoms with E-state index in [2.05, 4.69) is 15.3 Å². The number of halogens is 3. The first-order valence-electron chi connectivity index (χ1n) is 8.11. The quantitative estimate of drug-likeness (QED) is 0.736. The zero-order valence-electron chi connectivity index (χ0n) is 14.6. The van der Waals surface area contributed by atoms with Crippen LogP contribution in [0.25, 0.3) is 10.9 Å². The lowest BCUT2D eigenvalue weighted by Crippen LogP contribution is -2.29. The van der Waals surface area contributed by atoms with Crippen LogP contribution >= 0.6 is 0 Å². The zero-order valence-corrected chi connectivity index (χ0v) is 14.6. The van der Waals surface area contributed by atoms with Crippen LogP contribution in [0.3, 0.4) is 0 Å². The van der Waals surface area contributed by atoms with Crippen molar-refractivity contribution in [3.63, 3.8) is 0 Å². The molecule has 3 aromatic rings. The van der Waals surface area contributed by atoms with Gasteiger partial charge >= 0.3 is 6.18 Å². The van der Waals surface area contributed by atoms with E-state index in [0.717, 1.165) is 6.20 Å². The van der Waals surface area contributed by atoms with Crippen LogP contribution < -0.4 is 10.9 Å². The molecule has 0 radical (unpaired) electrons. The van der Waals surface area contributed by atoms with Crippen LogP contribution in [0.15, 0.2) is 41.3 Å². The van der Waals surface area contributed by atoms with Gasteiger partial charge in [-0.1, -0.05) is 18.2 Å². The van der Waals surface area contributed by atoms with Gasteiger partial charge in [0, 0.05) is 29.4 Å². The number of aromatic amines is 1. The van der Waals surface area contributed by atoms with Gasteiger partial charge in [0.2, 0.25) is 0 Å². The summed E-state index contributed by atoms with van der Waals surface area (Å²) >= 11 is 0. The van der Waals surface area contributed by atoms with E-state index in [1.54, 1.807) is 26.0 Å². The van der Waals surface area contributed by atoms with Crippen LogP contribution in [0, 0.1) is 13.8 Å². The molecule has 0 bridgehead atoms. The standard InChI is InChI=1S/C19H16F3N3O2/c1-10-7-11(2)25-18(27)13(10)8-24-17(26)14-9-23-15-6-4-3-5-12(15)16(14)19(20,21)22/h3-7,9H,8H2,1-2H3,(H,24,26)(H,25,27). The number of benzene rings is 1. The summed E-state index contributed by atoms with van der Waals surface area (Å²) in [5, 5.41) is 2.24. The minimum Gasteiger partial charge on any atom is -0.348 e. The van der Waals surface area contributed by atoms with Crippen LogP contribution in [-0.2, 0) is 12.7 Å². The maximum absolute atomic E-state index is 13.6. The van der Waals surface area contributed by atoms with Gasteiger partial charge in [-0.3, -0.25) is 14.6 Å². The first-order chi connectivity index (χ1) is 12.7. The SMILES string of the molecule is Cc1cc(C)c(CNC(=O)c2cnc3ccccc3c2C(F)(F)F)c(=O)[nH]1. The predicted molar refractivity (Wildman–Crippen MR) is 94.5 cm³/mol. The molecule has 3 rings (SSSR count). The number of rotatable bonds is 3. The van der Waals surface area contributed by atoms with Crippen molar-refractivity contribution in [3.05, 3.63) is 74.8 Å². The normalized spacial score (nSPS) is 11.6. The fourth-order valence-electron chi connectivity index (χ4n) is 2.98. The Labute approximate surface area is 152 Å². The van der Waals surface area contributed by atoms with E-state index in [1.165, 1.54) is 18.2 Å². The van der Waals surface area contributed by atoms with Crippen molar-refractivity contribution in [2.45, 2.75) is 26.6 Å². The largest absolute Gasteiger partial charge is 0.417 e. The molecule has 5 nitrogen and oxygen atoms in total. The Morgan fingerprint density at radius 2 is 1.93 bits per heavy atom. The molecule has 0 unspecified atom stereocenters. The molecule has 0 aliphatic heterocycles. The third-order valence-electron chi connectivity index (χ3n) is 4.22. The summed E-state index contributed by atoms with van der Waals surface area (Å²) in [6.07, 6.45) is -3.82.